The summed E-state index contributed by atoms with van der Waals surface area (Å²) in [6, 6.07) is 9.17. The third-order valence-corrected chi connectivity index (χ3v) is 4.21. The molecule has 1 heterocycles. The van der Waals surface area contributed by atoms with Gasteiger partial charge in [-0.3, -0.25) is 4.90 Å². The second-order valence-electron chi connectivity index (χ2n) is 5.53. The van der Waals surface area contributed by atoms with Crippen molar-refractivity contribution in [2.24, 2.45) is 0 Å². The number of hydrogen-bond donors (Lipinski definition) is 2. The number of carbonyl (C=O) groups is 2. The summed E-state index contributed by atoms with van der Waals surface area (Å²) in [6.07, 6.45) is -0.561. The number of likely N-dealkylation sites (tertiary alicyclic amines) is 1. The zero-order valence-electron chi connectivity index (χ0n) is 12.6. The summed E-state index contributed by atoms with van der Waals surface area (Å²) in [5.41, 5.74) is -0.474. The molecule has 2 rings (SSSR count). The highest BCUT2D eigenvalue weighted by Gasteiger charge is 2.49. The SMILES string of the molecule is CC[C@@]1(C(=O)O)CC[C@H](O)CN1C(=O)OCc1ccccc1. The molecule has 0 saturated carbocycles. The molecule has 120 valence electrons. The molecule has 6 nitrogen and oxygen atoms in total. The molecule has 0 aliphatic carbocycles. The normalized spacial score (nSPS) is 24.8. The van der Waals surface area contributed by atoms with Gasteiger partial charge in [0.25, 0.3) is 0 Å². The van der Waals surface area contributed by atoms with Gasteiger partial charge in [0, 0.05) is 0 Å². The number of β-amino-alcohol motifs (C(OH)–C–C–N with tert-alkyl or cyclic N) is 1. The van der Waals surface area contributed by atoms with Gasteiger partial charge in [-0.2, -0.15) is 0 Å². The molecular formula is C16H21NO5. The lowest BCUT2D eigenvalue weighted by molar-refractivity contribution is -0.155. The summed E-state index contributed by atoms with van der Waals surface area (Å²) in [6.45, 7) is 1.78. The number of rotatable bonds is 4. The zero-order valence-corrected chi connectivity index (χ0v) is 12.6. The van der Waals surface area contributed by atoms with Gasteiger partial charge < -0.3 is 14.9 Å². The van der Waals surface area contributed by atoms with E-state index in [0.717, 1.165) is 10.5 Å². The fourth-order valence-electron chi connectivity index (χ4n) is 2.80. The third-order valence-electron chi connectivity index (χ3n) is 4.21. The molecule has 1 aliphatic rings. The minimum atomic E-state index is -1.30. The van der Waals surface area contributed by atoms with E-state index in [0.29, 0.717) is 6.42 Å². The van der Waals surface area contributed by atoms with Gasteiger partial charge in [-0.25, -0.2) is 9.59 Å². The number of nitrogens with zero attached hydrogens (tertiary/aromatic N) is 1. The maximum absolute atomic E-state index is 12.3. The number of aliphatic hydroxyl groups excluding tert-OH is 1. The lowest BCUT2D eigenvalue weighted by Gasteiger charge is -2.44. The Morgan fingerprint density at radius 1 is 1.36 bits per heavy atom. The Bertz CT molecular complexity index is 533. The molecule has 0 unspecified atom stereocenters. The molecule has 0 bridgehead atoms. The van der Waals surface area contributed by atoms with Crippen LogP contribution in [-0.2, 0) is 16.1 Å². The van der Waals surface area contributed by atoms with Crippen molar-refractivity contribution in [3.8, 4) is 0 Å². The summed E-state index contributed by atoms with van der Waals surface area (Å²) >= 11 is 0. The molecule has 1 aromatic rings. The number of benzene rings is 1. The van der Waals surface area contributed by atoms with E-state index in [1.807, 2.05) is 30.3 Å². The van der Waals surface area contributed by atoms with E-state index in [4.69, 9.17) is 4.74 Å². The van der Waals surface area contributed by atoms with Crippen LogP contribution in [0, 0.1) is 0 Å². The molecule has 22 heavy (non-hydrogen) atoms. The van der Waals surface area contributed by atoms with Gasteiger partial charge >= 0.3 is 12.1 Å². The molecular weight excluding hydrogens is 286 g/mol. The quantitative estimate of drug-likeness (QED) is 0.888. The zero-order chi connectivity index (χ0) is 16.2. The number of carboxylic acids is 1. The highest BCUT2D eigenvalue weighted by atomic mass is 16.6. The maximum Gasteiger partial charge on any atom is 0.411 e. The number of aliphatic carboxylic acids is 1. The predicted molar refractivity (Wildman–Crippen MR) is 79.2 cm³/mol. The number of hydrogen-bond acceptors (Lipinski definition) is 4. The van der Waals surface area contributed by atoms with E-state index in [2.05, 4.69) is 0 Å². The van der Waals surface area contributed by atoms with Crippen LogP contribution >= 0.6 is 0 Å². The van der Waals surface area contributed by atoms with Crippen molar-refractivity contribution in [1.29, 1.82) is 0 Å². The van der Waals surface area contributed by atoms with Crippen molar-refractivity contribution in [2.75, 3.05) is 6.54 Å². The van der Waals surface area contributed by atoms with Gasteiger partial charge in [-0.15, -0.1) is 0 Å². The Balaban J connectivity index is 2.11. The van der Waals surface area contributed by atoms with Crippen LogP contribution in [0.3, 0.4) is 0 Å². The van der Waals surface area contributed by atoms with Crippen LogP contribution in [0.2, 0.25) is 0 Å². The van der Waals surface area contributed by atoms with Crippen molar-refractivity contribution in [1.82, 2.24) is 4.90 Å². The number of carbonyl (C=O) groups excluding carboxylic acids is 1. The van der Waals surface area contributed by atoms with Crippen LogP contribution in [0.4, 0.5) is 4.79 Å². The lowest BCUT2D eigenvalue weighted by atomic mass is 9.83. The second kappa shape index (κ2) is 6.79. The molecule has 2 N–H and O–H groups in total. The van der Waals surface area contributed by atoms with Gasteiger partial charge in [0.1, 0.15) is 12.1 Å². The first-order valence-electron chi connectivity index (χ1n) is 7.39. The Labute approximate surface area is 129 Å². The average molecular weight is 307 g/mol. The molecule has 1 amide bonds. The second-order valence-corrected chi connectivity index (χ2v) is 5.53. The number of piperidine rings is 1. The fraction of sp³-hybridized carbons (Fsp3) is 0.500. The van der Waals surface area contributed by atoms with Gasteiger partial charge in [0.2, 0.25) is 0 Å². The summed E-state index contributed by atoms with van der Waals surface area (Å²) in [4.78, 5) is 25.2. The molecule has 0 radical (unpaired) electrons. The van der Waals surface area contributed by atoms with Crippen LogP contribution in [0.25, 0.3) is 0 Å². The van der Waals surface area contributed by atoms with E-state index < -0.39 is 23.7 Å². The fourth-order valence-corrected chi connectivity index (χ4v) is 2.80. The monoisotopic (exact) mass is 307 g/mol. The Morgan fingerprint density at radius 2 is 2.05 bits per heavy atom. The molecule has 1 saturated heterocycles. The predicted octanol–water partition coefficient (Wildman–Crippen LogP) is 2.01. The summed E-state index contributed by atoms with van der Waals surface area (Å²) < 4.78 is 5.24. The van der Waals surface area contributed by atoms with Gasteiger partial charge in [-0.1, -0.05) is 37.3 Å². The van der Waals surface area contributed by atoms with Crippen molar-refractivity contribution in [3.63, 3.8) is 0 Å². The summed E-state index contributed by atoms with van der Waals surface area (Å²) in [5.74, 6) is -1.06. The number of carboxylic acid groups (broad SMARTS) is 1. The van der Waals surface area contributed by atoms with Crippen LogP contribution < -0.4 is 0 Å². The minimum absolute atomic E-state index is 0.0201. The third kappa shape index (κ3) is 3.22. The topological polar surface area (TPSA) is 87.1 Å². The molecule has 1 aliphatic heterocycles. The van der Waals surface area contributed by atoms with Gasteiger partial charge in [-0.05, 0) is 24.8 Å². The minimum Gasteiger partial charge on any atom is -0.479 e. The molecule has 6 heteroatoms. The molecule has 0 aromatic heterocycles. The van der Waals surface area contributed by atoms with Crippen LogP contribution in [0.1, 0.15) is 31.7 Å². The van der Waals surface area contributed by atoms with Crippen molar-refractivity contribution in [3.05, 3.63) is 35.9 Å². The van der Waals surface area contributed by atoms with E-state index in [1.165, 1.54) is 0 Å². The maximum atomic E-state index is 12.3. The highest BCUT2D eigenvalue weighted by Crippen LogP contribution is 2.32. The van der Waals surface area contributed by atoms with E-state index in [1.54, 1.807) is 6.92 Å². The molecule has 1 aromatic carbocycles. The first-order chi connectivity index (χ1) is 10.5. The largest absolute Gasteiger partial charge is 0.479 e. The summed E-state index contributed by atoms with van der Waals surface area (Å²) in [5, 5.41) is 19.3. The van der Waals surface area contributed by atoms with E-state index in [-0.39, 0.29) is 26.0 Å². The molecule has 2 atom stereocenters. The van der Waals surface area contributed by atoms with Crippen molar-refractivity contribution >= 4 is 12.1 Å². The summed E-state index contributed by atoms with van der Waals surface area (Å²) in [7, 11) is 0. The smallest absolute Gasteiger partial charge is 0.411 e. The first kappa shape index (κ1) is 16.3. The first-order valence-corrected chi connectivity index (χ1v) is 7.39. The molecule has 0 spiro atoms. The Hall–Kier alpha value is -2.08. The van der Waals surface area contributed by atoms with Crippen LogP contribution in [0.5, 0.6) is 0 Å². The number of ether oxygens (including phenoxy) is 1. The number of aliphatic hydroxyl groups is 1. The van der Waals surface area contributed by atoms with E-state index >= 15 is 0 Å². The number of amides is 1. The van der Waals surface area contributed by atoms with Crippen molar-refractivity contribution in [2.45, 2.75) is 44.4 Å². The van der Waals surface area contributed by atoms with Gasteiger partial charge in [0.15, 0.2) is 0 Å². The van der Waals surface area contributed by atoms with Crippen LogP contribution in [-0.4, -0.2) is 45.4 Å². The van der Waals surface area contributed by atoms with E-state index in [9.17, 15) is 19.8 Å². The average Bonchev–Trinajstić information content (AvgIpc) is 2.53. The standard InChI is InChI=1S/C16H21NO5/c1-2-16(14(19)20)9-8-13(18)10-17(16)15(21)22-11-12-6-4-3-5-7-12/h3-7,13,18H,2,8-11H2,1H3,(H,19,20)/t13-,16-/m0/s1. The van der Waals surface area contributed by atoms with Crippen LogP contribution in [0.15, 0.2) is 30.3 Å². The highest BCUT2D eigenvalue weighted by molar-refractivity contribution is 5.84. The van der Waals surface area contributed by atoms with Crippen molar-refractivity contribution < 1.29 is 24.5 Å². The Kier molecular flexibility index (Phi) is 5.03. The lowest BCUT2D eigenvalue weighted by Crippen LogP contribution is -2.62. The van der Waals surface area contributed by atoms with Gasteiger partial charge in [0.05, 0.1) is 12.6 Å². The Morgan fingerprint density at radius 3 is 2.64 bits per heavy atom. The molecule has 1 fully saturated rings.